The van der Waals surface area contributed by atoms with E-state index in [0.29, 0.717) is 5.75 Å². The van der Waals surface area contributed by atoms with Crippen LogP contribution in [0.15, 0.2) is 0 Å². The van der Waals surface area contributed by atoms with Crippen LogP contribution in [0.5, 0.6) is 0 Å². The van der Waals surface area contributed by atoms with Crippen molar-refractivity contribution in [2.24, 2.45) is 0 Å². The number of carbonyl (C=O) groups is 1. The molecule has 0 aliphatic rings. The first-order valence-corrected chi connectivity index (χ1v) is 4.64. The summed E-state index contributed by atoms with van der Waals surface area (Å²) in [6, 6.07) is -0.450. The van der Waals surface area contributed by atoms with Gasteiger partial charge < -0.3 is 5.32 Å². The molecular formula is C6H10F3NOS. The van der Waals surface area contributed by atoms with Gasteiger partial charge in [0.15, 0.2) is 0 Å². The van der Waals surface area contributed by atoms with Gasteiger partial charge in [-0.3, -0.25) is 4.79 Å². The van der Waals surface area contributed by atoms with Gasteiger partial charge in [-0.15, -0.1) is 0 Å². The van der Waals surface area contributed by atoms with E-state index < -0.39 is 18.1 Å². The molecule has 1 N–H and O–H groups in total. The molecule has 0 aromatic heterocycles. The second-order valence-electron chi connectivity index (χ2n) is 2.33. The van der Waals surface area contributed by atoms with Crippen molar-refractivity contribution >= 4 is 17.7 Å². The highest BCUT2D eigenvalue weighted by molar-refractivity contribution is 7.98. The molecule has 1 amide bonds. The van der Waals surface area contributed by atoms with Gasteiger partial charge in [0.2, 0.25) is 0 Å². The van der Waals surface area contributed by atoms with Crippen LogP contribution in [-0.2, 0) is 4.79 Å². The lowest BCUT2D eigenvalue weighted by Gasteiger charge is -2.13. The van der Waals surface area contributed by atoms with E-state index in [2.05, 4.69) is 0 Å². The molecular weight excluding hydrogens is 191 g/mol. The van der Waals surface area contributed by atoms with Crippen LogP contribution in [0.3, 0.4) is 0 Å². The van der Waals surface area contributed by atoms with E-state index in [-0.39, 0.29) is 0 Å². The highest BCUT2D eigenvalue weighted by Crippen LogP contribution is 2.14. The summed E-state index contributed by atoms with van der Waals surface area (Å²) in [7, 11) is 0. The molecule has 12 heavy (non-hydrogen) atoms. The van der Waals surface area contributed by atoms with E-state index in [4.69, 9.17) is 0 Å². The van der Waals surface area contributed by atoms with Gasteiger partial charge in [-0.05, 0) is 13.2 Å². The first-order chi connectivity index (χ1) is 5.38. The van der Waals surface area contributed by atoms with E-state index in [1.165, 1.54) is 18.7 Å². The first-order valence-electron chi connectivity index (χ1n) is 3.24. The number of amides is 1. The summed E-state index contributed by atoms with van der Waals surface area (Å²) in [6.45, 7) is 1.53. The second-order valence-corrected chi connectivity index (χ2v) is 3.24. The van der Waals surface area contributed by atoms with Crippen LogP contribution in [0.1, 0.15) is 6.92 Å². The lowest BCUT2D eigenvalue weighted by Crippen LogP contribution is -2.42. The SMILES string of the molecule is CSCC(C)NC(=O)C(F)(F)F. The van der Waals surface area contributed by atoms with Crippen LogP contribution < -0.4 is 5.32 Å². The van der Waals surface area contributed by atoms with Crippen LogP contribution in [0, 0.1) is 0 Å². The number of rotatable bonds is 3. The molecule has 2 nitrogen and oxygen atoms in total. The predicted molar refractivity (Wildman–Crippen MR) is 42.0 cm³/mol. The molecule has 0 fully saturated rings. The summed E-state index contributed by atoms with van der Waals surface area (Å²) >= 11 is 1.38. The molecule has 0 aliphatic heterocycles. The molecule has 0 saturated heterocycles. The zero-order valence-corrected chi connectivity index (χ0v) is 7.55. The fourth-order valence-corrected chi connectivity index (χ4v) is 1.18. The molecule has 0 rings (SSSR count). The summed E-state index contributed by atoms with van der Waals surface area (Å²) < 4.78 is 34.9. The second kappa shape index (κ2) is 4.59. The summed E-state index contributed by atoms with van der Waals surface area (Å²) in [4.78, 5) is 10.3. The molecule has 0 aromatic carbocycles. The summed E-state index contributed by atoms with van der Waals surface area (Å²) in [5.74, 6) is -1.40. The Morgan fingerprint density at radius 2 is 2.08 bits per heavy atom. The average Bonchev–Trinajstić information content (AvgIpc) is 1.85. The third kappa shape index (κ3) is 4.48. The highest BCUT2D eigenvalue weighted by Gasteiger charge is 2.38. The third-order valence-corrected chi connectivity index (χ3v) is 1.88. The minimum absolute atomic E-state index is 0.450. The van der Waals surface area contributed by atoms with Crippen LogP contribution in [-0.4, -0.2) is 30.1 Å². The number of nitrogens with one attached hydrogen (secondary N) is 1. The van der Waals surface area contributed by atoms with Crippen LogP contribution >= 0.6 is 11.8 Å². The number of alkyl halides is 3. The van der Waals surface area contributed by atoms with Gasteiger partial charge >= 0.3 is 12.1 Å². The topological polar surface area (TPSA) is 29.1 Å². The standard InChI is InChI=1S/C6H10F3NOS/c1-4(3-12-2)10-5(11)6(7,8)9/h4H,3H2,1-2H3,(H,10,11). The maximum atomic E-state index is 11.6. The van der Waals surface area contributed by atoms with Gasteiger partial charge in [-0.1, -0.05) is 0 Å². The van der Waals surface area contributed by atoms with Crippen molar-refractivity contribution in [3.63, 3.8) is 0 Å². The van der Waals surface area contributed by atoms with E-state index in [1.807, 2.05) is 5.32 Å². The Morgan fingerprint density at radius 3 is 2.42 bits per heavy atom. The zero-order chi connectivity index (χ0) is 9.78. The molecule has 1 unspecified atom stereocenters. The van der Waals surface area contributed by atoms with Crippen molar-refractivity contribution in [2.45, 2.75) is 19.1 Å². The van der Waals surface area contributed by atoms with Crippen LogP contribution in [0.4, 0.5) is 13.2 Å². The predicted octanol–water partition coefficient (Wildman–Crippen LogP) is 1.42. The lowest BCUT2D eigenvalue weighted by molar-refractivity contribution is -0.174. The van der Waals surface area contributed by atoms with E-state index in [1.54, 1.807) is 6.26 Å². The van der Waals surface area contributed by atoms with Crippen molar-refractivity contribution in [1.82, 2.24) is 5.32 Å². The maximum Gasteiger partial charge on any atom is 0.471 e. The van der Waals surface area contributed by atoms with Crippen molar-refractivity contribution in [2.75, 3.05) is 12.0 Å². The fraction of sp³-hybridized carbons (Fsp3) is 0.833. The molecule has 0 aliphatic carbocycles. The first kappa shape index (κ1) is 11.6. The number of hydrogen-bond acceptors (Lipinski definition) is 2. The van der Waals surface area contributed by atoms with Gasteiger partial charge in [0.05, 0.1) is 0 Å². The number of carbonyl (C=O) groups excluding carboxylic acids is 1. The van der Waals surface area contributed by atoms with Gasteiger partial charge in [-0.25, -0.2) is 0 Å². The largest absolute Gasteiger partial charge is 0.471 e. The Labute approximate surface area is 72.9 Å². The molecule has 0 bridgehead atoms. The minimum atomic E-state index is -4.77. The van der Waals surface area contributed by atoms with Gasteiger partial charge in [-0.2, -0.15) is 24.9 Å². The zero-order valence-electron chi connectivity index (χ0n) is 6.73. The molecule has 0 aromatic rings. The average molecular weight is 201 g/mol. The lowest BCUT2D eigenvalue weighted by atomic mass is 10.4. The molecule has 0 radical (unpaired) electrons. The van der Waals surface area contributed by atoms with Crippen LogP contribution in [0.25, 0.3) is 0 Å². The molecule has 0 saturated carbocycles. The normalized spacial score (nSPS) is 14.1. The Kier molecular flexibility index (Phi) is 4.44. The highest BCUT2D eigenvalue weighted by atomic mass is 32.2. The van der Waals surface area contributed by atoms with E-state index in [9.17, 15) is 18.0 Å². The van der Waals surface area contributed by atoms with E-state index >= 15 is 0 Å². The summed E-state index contributed by atoms with van der Waals surface area (Å²) in [6.07, 6.45) is -3.01. The molecule has 72 valence electrons. The monoisotopic (exact) mass is 201 g/mol. The van der Waals surface area contributed by atoms with Gasteiger partial charge in [0, 0.05) is 11.8 Å². The summed E-state index contributed by atoms with van der Waals surface area (Å²) in [5.41, 5.74) is 0. The van der Waals surface area contributed by atoms with Crippen molar-refractivity contribution in [3.05, 3.63) is 0 Å². The Morgan fingerprint density at radius 1 is 1.58 bits per heavy atom. The number of hydrogen-bond donors (Lipinski definition) is 1. The Balaban J connectivity index is 3.85. The molecule has 1 atom stereocenters. The van der Waals surface area contributed by atoms with Crippen LogP contribution in [0.2, 0.25) is 0 Å². The fourth-order valence-electron chi connectivity index (χ4n) is 0.597. The quantitative estimate of drug-likeness (QED) is 0.748. The number of halogens is 3. The third-order valence-electron chi connectivity index (χ3n) is 1.05. The Hall–Kier alpha value is -0.390. The minimum Gasteiger partial charge on any atom is -0.345 e. The molecule has 0 spiro atoms. The number of thioether (sulfide) groups is 1. The smallest absolute Gasteiger partial charge is 0.345 e. The van der Waals surface area contributed by atoms with Gasteiger partial charge in [0.1, 0.15) is 0 Å². The van der Waals surface area contributed by atoms with Crippen molar-refractivity contribution in [3.8, 4) is 0 Å². The summed E-state index contributed by atoms with van der Waals surface area (Å²) in [5, 5.41) is 1.84. The Bertz CT molecular complexity index is 159. The van der Waals surface area contributed by atoms with Crippen molar-refractivity contribution < 1.29 is 18.0 Å². The maximum absolute atomic E-state index is 11.6. The van der Waals surface area contributed by atoms with Gasteiger partial charge in [0.25, 0.3) is 0 Å². The van der Waals surface area contributed by atoms with E-state index in [0.717, 1.165) is 0 Å². The molecule has 0 heterocycles. The van der Waals surface area contributed by atoms with Crippen molar-refractivity contribution in [1.29, 1.82) is 0 Å². The molecule has 6 heteroatoms.